The largest absolute Gasteiger partial charge is 0.230 e. The summed E-state index contributed by atoms with van der Waals surface area (Å²) in [5.74, 6) is 1.10. The van der Waals surface area contributed by atoms with E-state index in [4.69, 9.17) is 0 Å². The molecule has 0 aliphatic carbocycles. The van der Waals surface area contributed by atoms with Gasteiger partial charge in [0.2, 0.25) is 0 Å². The number of nitrogens with zero attached hydrogens (tertiary/aromatic N) is 2. The summed E-state index contributed by atoms with van der Waals surface area (Å²) in [6, 6.07) is 0. The molecule has 1 heterocycles. The van der Waals surface area contributed by atoms with Gasteiger partial charge in [0.15, 0.2) is 5.16 Å². The third kappa shape index (κ3) is 3.37. The number of aromatic nitrogens is 2. The van der Waals surface area contributed by atoms with Gasteiger partial charge >= 0.3 is 0 Å². The number of hydrogen-bond donors (Lipinski definition) is 0. The predicted octanol–water partition coefficient (Wildman–Crippen LogP) is 2.58. The minimum atomic E-state index is 0.882. The van der Waals surface area contributed by atoms with Crippen LogP contribution in [0.4, 0.5) is 0 Å². The Bertz CT molecular complexity index is 212. The smallest absolute Gasteiger partial charge is 0.187 e. The van der Waals surface area contributed by atoms with E-state index in [1.165, 1.54) is 6.42 Å². The molecule has 0 bridgehead atoms. The molecule has 0 saturated carbocycles. The summed E-state index contributed by atoms with van der Waals surface area (Å²) >= 11 is 3.90. The molecule has 0 aliphatic rings. The molecule has 0 spiro atoms. The summed E-state index contributed by atoms with van der Waals surface area (Å²) in [4.78, 5) is 8.32. The number of halogens is 1. The highest BCUT2D eigenvalue weighted by Gasteiger charge is 1.94. The third-order valence-electron chi connectivity index (χ3n) is 1.03. The molecule has 0 amide bonds. The maximum atomic E-state index is 4.16. The van der Waals surface area contributed by atoms with Crippen molar-refractivity contribution in [2.45, 2.75) is 18.5 Å². The van der Waals surface area contributed by atoms with Crippen LogP contribution in [0.3, 0.4) is 0 Å². The van der Waals surface area contributed by atoms with Crippen LogP contribution in [0.15, 0.2) is 17.6 Å². The zero-order valence-electron chi connectivity index (χ0n) is 6.25. The molecule has 0 N–H and O–H groups in total. The molecular formula is C7H9IN2S. The maximum absolute atomic E-state index is 4.16. The Morgan fingerprint density at radius 2 is 2.09 bits per heavy atom. The van der Waals surface area contributed by atoms with Crippen LogP contribution in [-0.2, 0) is 0 Å². The highest BCUT2D eigenvalue weighted by molar-refractivity contribution is 14.1. The summed E-state index contributed by atoms with van der Waals surface area (Å²) in [6.07, 6.45) is 4.84. The monoisotopic (exact) mass is 280 g/mol. The lowest BCUT2D eigenvalue weighted by Crippen LogP contribution is -1.86. The zero-order chi connectivity index (χ0) is 8.10. The number of hydrogen-bond acceptors (Lipinski definition) is 3. The van der Waals surface area contributed by atoms with Gasteiger partial charge in [-0.3, -0.25) is 0 Å². The maximum Gasteiger partial charge on any atom is 0.187 e. The summed E-state index contributed by atoms with van der Waals surface area (Å²) in [5.41, 5.74) is 0. The Hall–Kier alpha value is 0.160. The topological polar surface area (TPSA) is 25.8 Å². The molecular weight excluding hydrogens is 271 g/mol. The first-order valence-corrected chi connectivity index (χ1v) is 5.49. The van der Waals surface area contributed by atoms with E-state index in [-0.39, 0.29) is 0 Å². The summed E-state index contributed by atoms with van der Waals surface area (Å²) in [5, 5.41) is 0.882. The zero-order valence-corrected chi connectivity index (χ0v) is 9.22. The first kappa shape index (κ1) is 9.25. The molecule has 1 aromatic rings. The number of rotatable bonds is 3. The van der Waals surface area contributed by atoms with Crippen molar-refractivity contribution in [3.8, 4) is 0 Å². The van der Waals surface area contributed by atoms with Gasteiger partial charge in [0.1, 0.15) is 0 Å². The SMILES string of the molecule is CCCSc1ncc(I)cn1. The molecule has 0 saturated heterocycles. The van der Waals surface area contributed by atoms with Crippen LogP contribution < -0.4 is 0 Å². The molecule has 0 fully saturated rings. The second-order valence-electron chi connectivity index (χ2n) is 2.03. The van der Waals surface area contributed by atoms with E-state index in [1.807, 2.05) is 12.4 Å². The second kappa shape index (κ2) is 4.92. The van der Waals surface area contributed by atoms with Crippen LogP contribution in [0.2, 0.25) is 0 Å². The standard InChI is InChI=1S/C7H9IN2S/c1-2-3-11-7-9-4-6(8)5-10-7/h4-5H,2-3H2,1H3. The van der Waals surface area contributed by atoms with Crippen LogP contribution >= 0.6 is 34.4 Å². The van der Waals surface area contributed by atoms with E-state index in [2.05, 4.69) is 39.5 Å². The molecule has 0 radical (unpaired) electrons. The van der Waals surface area contributed by atoms with E-state index in [9.17, 15) is 0 Å². The van der Waals surface area contributed by atoms with Crippen LogP contribution in [0.1, 0.15) is 13.3 Å². The summed E-state index contributed by atoms with van der Waals surface area (Å²) < 4.78 is 1.09. The van der Waals surface area contributed by atoms with Gasteiger partial charge in [-0.25, -0.2) is 9.97 Å². The normalized spacial score (nSPS) is 10.0. The predicted molar refractivity (Wildman–Crippen MR) is 55.8 cm³/mol. The lowest BCUT2D eigenvalue weighted by Gasteiger charge is -1.95. The summed E-state index contributed by atoms with van der Waals surface area (Å²) in [7, 11) is 0. The quantitative estimate of drug-likeness (QED) is 0.483. The van der Waals surface area contributed by atoms with Gasteiger partial charge in [-0.1, -0.05) is 18.7 Å². The second-order valence-corrected chi connectivity index (χ2v) is 4.34. The Morgan fingerprint density at radius 1 is 1.45 bits per heavy atom. The van der Waals surface area contributed by atoms with Crippen molar-refractivity contribution in [2.75, 3.05) is 5.75 Å². The van der Waals surface area contributed by atoms with Gasteiger partial charge in [-0.05, 0) is 29.0 Å². The van der Waals surface area contributed by atoms with Crippen molar-refractivity contribution in [3.63, 3.8) is 0 Å². The van der Waals surface area contributed by atoms with E-state index in [1.54, 1.807) is 11.8 Å². The van der Waals surface area contributed by atoms with E-state index < -0.39 is 0 Å². The Kier molecular flexibility index (Phi) is 4.14. The highest BCUT2D eigenvalue weighted by atomic mass is 127. The first-order valence-electron chi connectivity index (χ1n) is 3.43. The fourth-order valence-electron chi connectivity index (χ4n) is 0.568. The van der Waals surface area contributed by atoms with Crippen molar-refractivity contribution < 1.29 is 0 Å². The fourth-order valence-corrected chi connectivity index (χ4v) is 1.49. The van der Waals surface area contributed by atoms with Crippen LogP contribution in [0.5, 0.6) is 0 Å². The van der Waals surface area contributed by atoms with E-state index in [0.29, 0.717) is 0 Å². The molecule has 60 valence electrons. The molecule has 2 nitrogen and oxygen atoms in total. The Labute approximate surface area is 84.4 Å². The minimum Gasteiger partial charge on any atom is -0.230 e. The fraction of sp³-hybridized carbons (Fsp3) is 0.429. The van der Waals surface area contributed by atoms with Crippen molar-refractivity contribution >= 4 is 34.4 Å². The average molecular weight is 280 g/mol. The molecule has 4 heteroatoms. The van der Waals surface area contributed by atoms with Gasteiger partial charge < -0.3 is 0 Å². The number of thioether (sulfide) groups is 1. The molecule has 1 aromatic heterocycles. The van der Waals surface area contributed by atoms with E-state index in [0.717, 1.165) is 14.5 Å². The van der Waals surface area contributed by atoms with Gasteiger partial charge in [0, 0.05) is 21.7 Å². The average Bonchev–Trinajstić information content (AvgIpc) is 2.04. The minimum absolute atomic E-state index is 0.882. The molecule has 1 rings (SSSR count). The van der Waals surface area contributed by atoms with Crippen molar-refractivity contribution in [1.29, 1.82) is 0 Å². The highest BCUT2D eigenvalue weighted by Crippen LogP contribution is 2.12. The third-order valence-corrected chi connectivity index (χ3v) is 2.67. The van der Waals surface area contributed by atoms with Crippen molar-refractivity contribution in [1.82, 2.24) is 9.97 Å². The van der Waals surface area contributed by atoms with E-state index >= 15 is 0 Å². The summed E-state index contributed by atoms with van der Waals surface area (Å²) in [6.45, 7) is 2.15. The lowest BCUT2D eigenvalue weighted by atomic mass is 10.6. The van der Waals surface area contributed by atoms with Crippen molar-refractivity contribution in [3.05, 3.63) is 16.0 Å². The molecule has 0 unspecified atom stereocenters. The molecule has 0 atom stereocenters. The lowest BCUT2D eigenvalue weighted by molar-refractivity contribution is 0.952. The van der Waals surface area contributed by atoms with Crippen molar-refractivity contribution in [2.24, 2.45) is 0 Å². The Balaban J connectivity index is 2.52. The Morgan fingerprint density at radius 3 is 2.64 bits per heavy atom. The molecule has 0 aromatic carbocycles. The van der Waals surface area contributed by atoms with Gasteiger partial charge in [-0.2, -0.15) is 0 Å². The van der Waals surface area contributed by atoms with Gasteiger partial charge in [0.25, 0.3) is 0 Å². The first-order chi connectivity index (χ1) is 5.33. The van der Waals surface area contributed by atoms with Gasteiger partial charge in [-0.15, -0.1) is 0 Å². The van der Waals surface area contributed by atoms with Crippen LogP contribution in [0, 0.1) is 3.57 Å². The molecule has 0 aliphatic heterocycles. The van der Waals surface area contributed by atoms with Gasteiger partial charge in [0.05, 0.1) is 0 Å². The van der Waals surface area contributed by atoms with Crippen LogP contribution in [0.25, 0.3) is 0 Å². The van der Waals surface area contributed by atoms with Crippen LogP contribution in [-0.4, -0.2) is 15.7 Å². The molecule has 11 heavy (non-hydrogen) atoms.